The minimum Gasteiger partial charge on any atom is -0.451 e. The lowest BCUT2D eigenvalue weighted by molar-refractivity contribution is 0.557. The van der Waals surface area contributed by atoms with Crippen molar-refractivity contribution in [1.82, 2.24) is 4.98 Å². The van der Waals surface area contributed by atoms with Crippen LogP contribution < -0.4 is 0 Å². The lowest BCUT2D eigenvalue weighted by Gasteiger charge is -1.73. The maximum absolute atomic E-state index is 5.35. The molecule has 2 nitrogen and oxygen atoms in total. The first-order valence-corrected chi connectivity index (χ1v) is 4.93. The van der Waals surface area contributed by atoms with Gasteiger partial charge in [0.05, 0.1) is 11.6 Å². The van der Waals surface area contributed by atoms with Crippen LogP contribution >= 0.6 is 11.6 Å². The summed E-state index contributed by atoms with van der Waals surface area (Å²) in [5, 5.41) is 0. The summed E-state index contributed by atoms with van der Waals surface area (Å²) in [6.45, 7) is 0. The Bertz CT molecular complexity index is 376. The number of aromatic nitrogens is 1. The van der Waals surface area contributed by atoms with Crippen LogP contribution in [0.25, 0.3) is 0 Å². The van der Waals surface area contributed by atoms with Crippen molar-refractivity contribution in [1.29, 1.82) is 0 Å². The van der Waals surface area contributed by atoms with Gasteiger partial charge < -0.3 is 4.42 Å². The Morgan fingerprint density at radius 3 is 2.36 bits per heavy atom. The molecule has 0 N–H and O–H groups in total. The van der Waals surface area contributed by atoms with E-state index in [0.29, 0.717) is 5.88 Å². The molecule has 3 rings (SSSR count). The number of alkyl halides is 1. The van der Waals surface area contributed by atoms with Crippen LogP contribution in [0.15, 0.2) is 41.3 Å². The highest BCUT2D eigenvalue weighted by atomic mass is 35.5. The summed E-state index contributed by atoms with van der Waals surface area (Å²) in [5.41, 5.74) is 3.84. The molecule has 0 bridgehead atoms. The normalized spacial score (nSPS) is 11.2. The summed E-state index contributed by atoms with van der Waals surface area (Å²) < 4.78 is 4.61. The molecule has 0 radical (unpaired) electrons. The van der Waals surface area contributed by atoms with Gasteiger partial charge in [-0.25, -0.2) is 4.98 Å². The fraction of sp³-hybridized carbons (Fsp3) is 0.182. The smallest absolute Gasteiger partial charge is 0.180 e. The summed E-state index contributed by atoms with van der Waals surface area (Å²) in [6.07, 6.45) is 4.12. The van der Waals surface area contributed by atoms with Crippen molar-refractivity contribution in [3.8, 4) is 0 Å². The van der Waals surface area contributed by atoms with Crippen molar-refractivity contribution >= 4 is 11.6 Å². The number of benzene rings is 1. The Hall–Kier alpha value is -1.28. The zero-order valence-corrected chi connectivity index (χ0v) is 8.37. The van der Waals surface area contributed by atoms with E-state index in [1.54, 1.807) is 0 Å². The molecule has 0 spiro atoms. The molecule has 2 aromatic rings. The average Bonchev–Trinajstić information content (AvgIpc) is 2.83. The van der Waals surface area contributed by atoms with Crippen LogP contribution in [0.5, 0.6) is 0 Å². The van der Waals surface area contributed by atoms with Gasteiger partial charge in [-0.3, -0.25) is 0 Å². The van der Waals surface area contributed by atoms with E-state index in [1.807, 2.05) is 0 Å². The first-order chi connectivity index (χ1) is 6.90. The Morgan fingerprint density at radius 2 is 2.00 bits per heavy atom. The summed E-state index contributed by atoms with van der Waals surface area (Å²) in [4.78, 5) is 3.74. The van der Waals surface area contributed by atoms with Gasteiger partial charge in [0, 0.05) is 0 Å². The minimum absolute atomic E-state index is 0.427. The van der Waals surface area contributed by atoms with Crippen LogP contribution in [0, 0.1) is 0 Å². The molecular weight excluding hydrogens is 198 g/mol. The third-order valence-electron chi connectivity index (χ3n) is 1.99. The molecule has 0 saturated carbocycles. The Labute approximate surface area is 87.5 Å². The highest BCUT2D eigenvalue weighted by Crippen LogP contribution is 2.25. The number of rotatable bonds is 1. The zero-order chi connectivity index (χ0) is 9.80. The Morgan fingerprint density at radius 1 is 1.29 bits per heavy atom. The molecule has 1 aromatic heterocycles. The quantitative estimate of drug-likeness (QED) is 0.574. The van der Waals surface area contributed by atoms with E-state index in [9.17, 15) is 0 Å². The molecular formula is C11H10ClNO. The molecule has 0 unspecified atom stereocenters. The first kappa shape index (κ1) is 9.28. The lowest BCUT2D eigenvalue weighted by atomic mass is 10.4. The standard InChI is InChI=1S/C7H6.C4H4ClNO/c1-2-4-7-5-6(7)3-1;5-1-4-2-7-3-6-4/h1-4H,5H2;2-3H,1H2. The fourth-order valence-corrected chi connectivity index (χ4v) is 1.27. The van der Waals surface area contributed by atoms with E-state index in [0.717, 1.165) is 5.69 Å². The number of nitrogens with zero attached hydrogens (tertiary/aromatic N) is 1. The van der Waals surface area contributed by atoms with Gasteiger partial charge in [0.2, 0.25) is 0 Å². The van der Waals surface area contributed by atoms with E-state index in [1.165, 1.54) is 30.2 Å². The van der Waals surface area contributed by atoms with Gasteiger partial charge in [0.25, 0.3) is 0 Å². The maximum Gasteiger partial charge on any atom is 0.180 e. The maximum atomic E-state index is 5.35. The van der Waals surface area contributed by atoms with Gasteiger partial charge in [-0.05, 0) is 17.5 Å². The largest absolute Gasteiger partial charge is 0.451 e. The Balaban J connectivity index is 0.000000107. The van der Waals surface area contributed by atoms with E-state index in [2.05, 4.69) is 33.7 Å². The molecule has 1 aliphatic carbocycles. The molecule has 0 fully saturated rings. The molecule has 1 aromatic carbocycles. The molecule has 72 valence electrons. The molecule has 0 aliphatic heterocycles. The van der Waals surface area contributed by atoms with Gasteiger partial charge in [0.15, 0.2) is 6.39 Å². The highest BCUT2D eigenvalue weighted by molar-refractivity contribution is 6.16. The molecule has 0 saturated heterocycles. The summed E-state index contributed by atoms with van der Waals surface area (Å²) >= 11 is 5.35. The molecule has 0 atom stereocenters. The van der Waals surface area contributed by atoms with E-state index < -0.39 is 0 Å². The molecule has 1 aliphatic rings. The van der Waals surface area contributed by atoms with Crippen molar-refractivity contribution in [2.24, 2.45) is 0 Å². The van der Waals surface area contributed by atoms with Crippen LogP contribution in [0.2, 0.25) is 0 Å². The van der Waals surface area contributed by atoms with Gasteiger partial charge in [-0.1, -0.05) is 24.3 Å². The zero-order valence-electron chi connectivity index (χ0n) is 7.61. The topological polar surface area (TPSA) is 26.0 Å². The second kappa shape index (κ2) is 4.29. The van der Waals surface area contributed by atoms with Crippen molar-refractivity contribution in [2.75, 3.05) is 0 Å². The van der Waals surface area contributed by atoms with Crippen molar-refractivity contribution in [2.45, 2.75) is 12.3 Å². The van der Waals surface area contributed by atoms with Gasteiger partial charge in [-0.15, -0.1) is 11.6 Å². The molecule has 14 heavy (non-hydrogen) atoms. The second-order valence-electron chi connectivity index (χ2n) is 3.06. The molecule has 3 heteroatoms. The predicted molar refractivity (Wildman–Crippen MR) is 55.3 cm³/mol. The van der Waals surface area contributed by atoms with Crippen LogP contribution in [-0.2, 0) is 12.3 Å². The summed E-state index contributed by atoms with van der Waals surface area (Å²) in [7, 11) is 0. The number of hydrogen-bond donors (Lipinski definition) is 0. The number of oxazole rings is 1. The summed E-state index contributed by atoms with van der Waals surface area (Å²) in [5.74, 6) is 0.427. The predicted octanol–water partition coefficient (Wildman–Crippen LogP) is 3.00. The van der Waals surface area contributed by atoms with Gasteiger partial charge >= 0.3 is 0 Å². The Kier molecular flexibility index (Phi) is 2.84. The molecule has 0 amide bonds. The number of hydrogen-bond acceptors (Lipinski definition) is 2. The third-order valence-corrected chi connectivity index (χ3v) is 2.27. The van der Waals surface area contributed by atoms with E-state index in [4.69, 9.17) is 11.6 Å². The van der Waals surface area contributed by atoms with Crippen LogP contribution in [0.3, 0.4) is 0 Å². The van der Waals surface area contributed by atoms with Crippen molar-refractivity contribution in [3.05, 3.63) is 53.7 Å². The fourth-order valence-electron chi connectivity index (χ4n) is 1.14. The lowest BCUT2D eigenvalue weighted by Crippen LogP contribution is -1.70. The van der Waals surface area contributed by atoms with E-state index in [-0.39, 0.29) is 0 Å². The van der Waals surface area contributed by atoms with Crippen molar-refractivity contribution < 1.29 is 4.42 Å². The van der Waals surface area contributed by atoms with Crippen molar-refractivity contribution in [3.63, 3.8) is 0 Å². The van der Waals surface area contributed by atoms with E-state index >= 15 is 0 Å². The number of halogens is 1. The van der Waals surface area contributed by atoms with Crippen LogP contribution in [0.4, 0.5) is 0 Å². The minimum atomic E-state index is 0.427. The van der Waals surface area contributed by atoms with Crippen LogP contribution in [-0.4, -0.2) is 4.98 Å². The molecule has 1 heterocycles. The monoisotopic (exact) mass is 207 g/mol. The highest BCUT2D eigenvalue weighted by Gasteiger charge is 2.12. The summed E-state index contributed by atoms with van der Waals surface area (Å²) in [6, 6.07) is 8.53. The third kappa shape index (κ3) is 2.36. The van der Waals surface area contributed by atoms with Crippen LogP contribution in [0.1, 0.15) is 16.8 Å². The SMILES string of the molecule is ClCc1cocn1.c1ccc2c(c1)C2. The van der Waals surface area contributed by atoms with Gasteiger partial charge in [0.1, 0.15) is 6.26 Å². The second-order valence-corrected chi connectivity index (χ2v) is 3.33. The average molecular weight is 208 g/mol. The van der Waals surface area contributed by atoms with Gasteiger partial charge in [-0.2, -0.15) is 0 Å². The number of fused-ring (bicyclic) bond motifs is 1. The first-order valence-electron chi connectivity index (χ1n) is 4.40.